The fourth-order valence-corrected chi connectivity index (χ4v) is 2.94. The highest BCUT2D eigenvalue weighted by Crippen LogP contribution is 2.37. The second-order valence-corrected chi connectivity index (χ2v) is 5.63. The molecule has 1 saturated carbocycles. The summed E-state index contributed by atoms with van der Waals surface area (Å²) in [6, 6.07) is 3.00. The molecule has 21 heavy (non-hydrogen) atoms. The summed E-state index contributed by atoms with van der Waals surface area (Å²) in [5.74, 6) is -1.52. The van der Waals surface area contributed by atoms with Crippen molar-refractivity contribution in [1.29, 1.82) is 0 Å². The molecule has 0 spiro atoms. The van der Waals surface area contributed by atoms with E-state index in [2.05, 4.69) is 5.32 Å². The molecule has 0 bridgehead atoms. The molecule has 2 rings (SSSR count). The predicted octanol–water partition coefficient (Wildman–Crippen LogP) is 3.18. The van der Waals surface area contributed by atoms with E-state index >= 15 is 0 Å². The topological polar surface area (TPSA) is 92.5 Å². The number of aliphatic carboxylic acids is 1. The van der Waals surface area contributed by atoms with Crippen LogP contribution in [0.2, 0.25) is 0 Å². The minimum Gasteiger partial charge on any atom is -0.480 e. The third kappa shape index (κ3) is 3.12. The minimum atomic E-state index is -1.28. The highest BCUT2D eigenvalue weighted by Gasteiger charge is 2.43. The van der Waals surface area contributed by atoms with Gasteiger partial charge in [0.25, 0.3) is 5.69 Å². The lowest BCUT2D eigenvalue weighted by Gasteiger charge is -2.37. The van der Waals surface area contributed by atoms with Crippen LogP contribution < -0.4 is 5.32 Å². The van der Waals surface area contributed by atoms with E-state index in [0.717, 1.165) is 24.6 Å². The van der Waals surface area contributed by atoms with Gasteiger partial charge in [0.05, 0.1) is 4.92 Å². The second kappa shape index (κ2) is 5.67. The number of nitro groups is 1. The van der Waals surface area contributed by atoms with E-state index in [0.29, 0.717) is 19.3 Å². The summed E-state index contributed by atoms with van der Waals surface area (Å²) in [6.07, 6.45) is 2.35. The molecule has 0 heterocycles. The van der Waals surface area contributed by atoms with Crippen LogP contribution in [0.3, 0.4) is 0 Å². The zero-order valence-corrected chi connectivity index (χ0v) is 11.6. The summed E-state index contributed by atoms with van der Waals surface area (Å²) in [5, 5.41) is 23.3. The Balaban J connectivity index is 2.40. The van der Waals surface area contributed by atoms with Gasteiger partial charge in [-0.05, 0) is 24.8 Å². The Hall–Kier alpha value is -2.18. The lowest BCUT2D eigenvalue weighted by Crippen LogP contribution is -2.49. The van der Waals surface area contributed by atoms with Gasteiger partial charge in [0, 0.05) is 12.1 Å². The lowest BCUT2D eigenvalue weighted by atomic mass is 9.76. The molecule has 114 valence electrons. The van der Waals surface area contributed by atoms with Gasteiger partial charge >= 0.3 is 5.97 Å². The molecule has 2 atom stereocenters. The molecule has 2 N–H and O–H groups in total. The number of nitro benzene ring substituents is 1. The molecule has 2 unspecified atom stereocenters. The highest BCUT2D eigenvalue weighted by molar-refractivity contribution is 5.84. The van der Waals surface area contributed by atoms with Gasteiger partial charge in [0.1, 0.15) is 17.0 Å². The number of anilines is 1. The van der Waals surface area contributed by atoms with Crippen molar-refractivity contribution in [3.63, 3.8) is 0 Å². The van der Waals surface area contributed by atoms with Gasteiger partial charge in [-0.3, -0.25) is 10.1 Å². The van der Waals surface area contributed by atoms with Crippen LogP contribution in [0.5, 0.6) is 0 Å². The van der Waals surface area contributed by atoms with E-state index < -0.39 is 22.2 Å². The largest absolute Gasteiger partial charge is 0.480 e. The number of carboxylic acids is 1. The van der Waals surface area contributed by atoms with Crippen LogP contribution in [0.1, 0.15) is 32.6 Å². The first kappa shape index (κ1) is 15.2. The van der Waals surface area contributed by atoms with Crippen molar-refractivity contribution >= 4 is 17.3 Å². The van der Waals surface area contributed by atoms with Crippen LogP contribution in [0.15, 0.2) is 18.2 Å². The Morgan fingerprint density at radius 3 is 2.86 bits per heavy atom. The summed E-state index contributed by atoms with van der Waals surface area (Å²) in [4.78, 5) is 22.0. The molecular formula is C14H17FN2O4. The Morgan fingerprint density at radius 1 is 1.57 bits per heavy atom. The first-order chi connectivity index (χ1) is 9.84. The van der Waals surface area contributed by atoms with E-state index in [1.807, 2.05) is 6.92 Å². The average molecular weight is 296 g/mol. The maximum atomic E-state index is 13.4. The van der Waals surface area contributed by atoms with Gasteiger partial charge < -0.3 is 10.4 Å². The standard InChI is InChI=1S/C14H17FN2O4/c1-9-3-2-6-14(8-9,13(18)19)16-11-7-10(15)4-5-12(11)17(20)21/h4-5,7,9,16H,2-3,6,8H2,1H3,(H,18,19). The van der Waals surface area contributed by atoms with Gasteiger partial charge in [-0.25, -0.2) is 9.18 Å². The quantitative estimate of drug-likeness (QED) is 0.657. The molecular weight excluding hydrogens is 279 g/mol. The van der Waals surface area contributed by atoms with E-state index in [-0.39, 0.29) is 17.3 Å². The van der Waals surface area contributed by atoms with Crippen molar-refractivity contribution in [2.75, 3.05) is 5.32 Å². The summed E-state index contributed by atoms with van der Waals surface area (Å²) in [7, 11) is 0. The fourth-order valence-electron chi connectivity index (χ4n) is 2.94. The number of hydrogen-bond donors (Lipinski definition) is 2. The maximum absolute atomic E-state index is 13.4. The molecule has 1 aliphatic rings. The predicted molar refractivity (Wildman–Crippen MR) is 74.7 cm³/mol. The third-order valence-electron chi connectivity index (χ3n) is 3.94. The first-order valence-corrected chi connectivity index (χ1v) is 6.79. The van der Waals surface area contributed by atoms with Crippen LogP contribution in [-0.2, 0) is 4.79 Å². The SMILES string of the molecule is CC1CCCC(Nc2cc(F)ccc2[N+](=O)[O-])(C(=O)O)C1. The molecule has 7 heteroatoms. The van der Waals surface area contributed by atoms with Crippen LogP contribution in [0.4, 0.5) is 15.8 Å². The highest BCUT2D eigenvalue weighted by atomic mass is 19.1. The molecule has 0 radical (unpaired) electrons. The fraction of sp³-hybridized carbons (Fsp3) is 0.500. The van der Waals surface area contributed by atoms with E-state index in [4.69, 9.17) is 0 Å². The number of rotatable bonds is 4. The number of benzene rings is 1. The summed E-state index contributed by atoms with van der Waals surface area (Å²) >= 11 is 0. The molecule has 0 amide bonds. The van der Waals surface area contributed by atoms with Crippen molar-refractivity contribution in [1.82, 2.24) is 0 Å². The minimum absolute atomic E-state index is 0.0866. The van der Waals surface area contributed by atoms with Crippen molar-refractivity contribution < 1.29 is 19.2 Å². The van der Waals surface area contributed by atoms with Crippen LogP contribution in [0.25, 0.3) is 0 Å². The van der Waals surface area contributed by atoms with Crippen LogP contribution in [-0.4, -0.2) is 21.5 Å². The number of nitrogens with zero attached hydrogens (tertiary/aromatic N) is 1. The normalized spacial score (nSPS) is 25.3. The van der Waals surface area contributed by atoms with Gasteiger partial charge in [0.15, 0.2) is 0 Å². The number of halogens is 1. The summed E-state index contributed by atoms with van der Waals surface area (Å²) in [5.41, 5.74) is -1.69. The maximum Gasteiger partial charge on any atom is 0.329 e. The molecule has 1 fully saturated rings. The molecule has 0 aromatic heterocycles. The zero-order chi connectivity index (χ0) is 15.6. The van der Waals surface area contributed by atoms with Gasteiger partial charge in [-0.15, -0.1) is 0 Å². The summed E-state index contributed by atoms with van der Waals surface area (Å²) in [6.45, 7) is 1.94. The molecule has 1 aliphatic carbocycles. The number of nitrogens with one attached hydrogen (secondary N) is 1. The molecule has 1 aromatic rings. The van der Waals surface area contributed by atoms with E-state index in [9.17, 15) is 24.4 Å². The second-order valence-electron chi connectivity index (χ2n) is 5.63. The Morgan fingerprint density at radius 2 is 2.29 bits per heavy atom. The number of carboxylic acid groups (broad SMARTS) is 1. The smallest absolute Gasteiger partial charge is 0.329 e. The van der Waals surface area contributed by atoms with Crippen molar-refractivity contribution in [3.05, 3.63) is 34.1 Å². The van der Waals surface area contributed by atoms with Gasteiger partial charge in [0.2, 0.25) is 0 Å². The molecule has 6 nitrogen and oxygen atoms in total. The lowest BCUT2D eigenvalue weighted by molar-refractivity contribution is -0.384. The van der Waals surface area contributed by atoms with Crippen LogP contribution >= 0.6 is 0 Å². The summed E-state index contributed by atoms with van der Waals surface area (Å²) < 4.78 is 13.4. The Kier molecular flexibility index (Phi) is 4.11. The molecule has 1 aromatic carbocycles. The Labute approximate surface area is 121 Å². The first-order valence-electron chi connectivity index (χ1n) is 6.79. The monoisotopic (exact) mass is 296 g/mol. The Bertz CT molecular complexity index is 578. The van der Waals surface area contributed by atoms with E-state index in [1.165, 1.54) is 0 Å². The van der Waals surface area contributed by atoms with Gasteiger partial charge in [-0.2, -0.15) is 0 Å². The van der Waals surface area contributed by atoms with Crippen molar-refractivity contribution in [3.8, 4) is 0 Å². The average Bonchev–Trinajstić information content (AvgIpc) is 2.38. The third-order valence-corrected chi connectivity index (χ3v) is 3.94. The van der Waals surface area contributed by atoms with E-state index in [1.54, 1.807) is 0 Å². The van der Waals surface area contributed by atoms with Crippen LogP contribution in [0, 0.1) is 21.8 Å². The molecule has 0 saturated heterocycles. The van der Waals surface area contributed by atoms with Crippen molar-refractivity contribution in [2.45, 2.75) is 38.1 Å². The molecule has 0 aliphatic heterocycles. The van der Waals surface area contributed by atoms with Crippen molar-refractivity contribution in [2.24, 2.45) is 5.92 Å². The van der Waals surface area contributed by atoms with Gasteiger partial charge in [-0.1, -0.05) is 19.8 Å². The number of hydrogen-bond acceptors (Lipinski definition) is 4. The zero-order valence-electron chi connectivity index (χ0n) is 11.6. The number of carbonyl (C=O) groups is 1.